The predicted octanol–water partition coefficient (Wildman–Crippen LogP) is 1.56. The second kappa shape index (κ2) is 6.05. The first-order valence-corrected chi connectivity index (χ1v) is 7.12. The van der Waals surface area contributed by atoms with E-state index in [0.717, 1.165) is 31.5 Å². The van der Waals surface area contributed by atoms with Gasteiger partial charge in [-0.05, 0) is 32.0 Å². The Morgan fingerprint density at radius 2 is 2.48 bits per heavy atom. The van der Waals surface area contributed by atoms with Crippen LogP contribution in [-0.4, -0.2) is 47.1 Å². The van der Waals surface area contributed by atoms with Crippen molar-refractivity contribution < 1.29 is 9.32 Å². The van der Waals surface area contributed by atoms with Crippen LogP contribution < -0.4 is 5.32 Å². The van der Waals surface area contributed by atoms with Crippen molar-refractivity contribution in [1.29, 1.82) is 0 Å². The lowest BCUT2D eigenvalue weighted by Crippen LogP contribution is -2.40. The van der Waals surface area contributed by atoms with Crippen molar-refractivity contribution >= 4 is 5.91 Å². The van der Waals surface area contributed by atoms with Gasteiger partial charge < -0.3 is 14.7 Å². The van der Waals surface area contributed by atoms with E-state index in [1.165, 1.54) is 0 Å². The van der Waals surface area contributed by atoms with E-state index in [2.05, 4.69) is 15.5 Å². The van der Waals surface area contributed by atoms with Crippen molar-refractivity contribution in [3.63, 3.8) is 0 Å². The van der Waals surface area contributed by atoms with Gasteiger partial charge in [-0.15, -0.1) is 0 Å². The van der Waals surface area contributed by atoms with Crippen LogP contribution in [-0.2, 0) is 0 Å². The summed E-state index contributed by atoms with van der Waals surface area (Å²) in [4.78, 5) is 18.5. The molecule has 0 spiro atoms. The van der Waals surface area contributed by atoms with Gasteiger partial charge in [-0.3, -0.25) is 9.78 Å². The molecule has 2 aromatic rings. The Labute approximate surface area is 123 Å². The van der Waals surface area contributed by atoms with Gasteiger partial charge >= 0.3 is 0 Å². The van der Waals surface area contributed by atoms with Crippen molar-refractivity contribution in [3.05, 3.63) is 36.3 Å². The average Bonchev–Trinajstić information content (AvgIpc) is 3.17. The van der Waals surface area contributed by atoms with E-state index in [0.29, 0.717) is 11.5 Å². The molecule has 1 aliphatic heterocycles. The minimum Gasteiger partial charge on any atom is -0.355 e. The van der Waals surface area contributed by atoms with Gasteiger partial charge in [0.1, 0.15) is 0 Å². The largest absolute Gasteiger partial charge is 0.355 e. The summed E-state index contributed by atoms with van der Waals surface area (Å²) < 4.78 is 5.27. The molecule has 21 heavy (non-hydrogen) atoms. The third-order valence-corrected chi connectivity index (χ3v) is 3.75. The molecule has 1 N–H and O–H groups in total. The third-order valence-electron chi connectivity index (χ3n) is 3.75. The van der Waals surface area contributed by atoms with Gasteiger partial charge in [-0.25, -0.2) is 0 Å². The average molecular weight is 286 g/mol. The van der Waals surface area contributed by atoms with Crippen LogP contribution in [0.3, 0.4) is 0 Å². The topological polar surface area (TPSA) is 71.3 Å². The van der Waals surface area contributed by atoms with Gasteiger partial charge in [0.05, 0.1) is 0 Å². The summed E-state index contributed by atoms with van der Waals surface area (Å²) in [6, 6.07) is 5.62. The molecule has 0 aromatic carbocycles. The molecule has 1 aliphatic rings. The molecule has 110 valence electrons. The Kier molecular flexibility index (Phi) is 3.96. The zero-order chi connectivity index (χ0) is 14.7. The molecule has 0 aliphatic carbocycles. The van der Waals surface area contributed by atoms with Crippen LogP contribution in [0.5, 0.6) is 0 Å². The highest BCUT2D eigenvalue weighted by Gasteiger charge is 2.30. The molecule has 3 rings (SSSR count). The summed E-state index contributed by atoms with van der Waals surface area (Å²) in [5, 5.41) is 7.05. The SMILES string of the molecule is CNCC1CCCN1C(=O)c1cc(-c2cccnc2)on1. The van der Waals surface area contributed by atoms with Crippen LogP contribution in [0.1, 0.15) is 23.3 Å². The number of carbonyl (C=O) groups is 1. The van der Waals surface area contributed by atoms with Crippen LogP contribution in [0.4, 0.5) is 0 Å². The van der Waals surface area contributed by atoms with Crippen molar-refractivity contribution in [1.82, 2.24) is 20.4 Å². The number of nitrogens with zero attached hydrogens (tertiary/aromatic N) is 3. The molecule has 3 heterocycles. The second-order valence-corrected chi connectivity index (χ2v) is 5.17. The van der Waals surface area contributed by atoms with Crippen molar-refractivity contribution in [2.75, 3.05) is 20.1 Å². The van der Waals surface area contributed by atoms with Crippen LogP contribution in [0.2, 0.25) is 0 Å². The Morgan fingerprint density at radius 3 is 3.24 bits per heavy atom. The molecule has 2 aromatic heterocycles. The molecule has 6 heteroatoms. The van der Waals surface area contributed by atoms with Gasteiger partial charge in [0.2, 0.25) is 0 Å². The predicted molar refractivity (Wildman–Crippen MR) is 77.7 cm³/mol. The van der Waals surface area contributed by atoms with Crippen LogP contribution in [0.15, 0.2) is 35.1 Å². The highest BCUT2D eigenvalue weighted by atomic mass is 16.5. The molecule has 1 atom stereocenters. The number of hydrogen-bond acceptors (Lipinski definition) is 5. The maximum atomic E-state index is 12.5. The van der Waals surface area contributed by atoms with Crippen LogP contribution in [0, 0.1) is 0 Å². The number of amides is 1. The minimum absolute atomic E-state index is 0.0633. The first-order chi connectivity index (χ1) is 10.3. The Bertz CT molecular complexity index is 611. The second-order valence-electron chi connectivity index (χ2n) is 5.17. The number of aromatic nitrogens is 2. The van der Waals surface area contributed by atoms with E-state index in [4.69, 9.17) is 4.52 Å². The maximum absolute atomic E-state index is 12.5. The molecule has 1 fully saturated rings. The number of hydrogen-bond donors (Lipinski definition) is 1. The smallest absolute Gasteiger partial charge is 0.276 e. The van der Waals surface area contributed by atoms with Gasteiger partial charge in [0.15, 0.2) is 11.5 Å². The minimum atomic E-state index is -0.0633. The summed E-state index contributed by atoms with van der Waals surface area (Å²) in [7, 11) is 1.90. The summed E-state index contributed by atoms with van der Waals surface area (Å²) in [6.45, 7) is 1.58. The molecule has 1 unspecified atom stereocenters. The fourth-order valence-electron chi connectivity index (χ4n) is 2.72. The van der Waals surface area contributed by atoms with Gasteiger partial charge in [0, 0.05) is 43.2 Å². The monoisotopic (exact) mass is 286 g/mol. The molecule has 0 radical (unpaired) electrons. The van der Waals surface area contributed by atoms with Crippen molar-refractivity contribution in [3.8, 4) is 11.3 Å². The van der Waals surface area contributed by atoms with E-state index in [1.807, 2.05) is 24.1 Å². The van der Waals surface area contributed by atoms with E-state index in [9.17, 15) is 4.79 Å². The maximum Gasteiger partial charge on any atom is 0.276 e. The highest BCUT2D eigenvalue weighted by molar-refractivity contribution is 5.93. The first kappa shape index (κ1) is 13.8. The van der Waals surface area contributed by atoms with Crippen molar-refractivity contribution in [2.45, 2.75) is 18.9 Å². The van der Waals surface area contributed by atoms with Gasteiger partial charge in [-0.2, -0.15) is 0 Å². The zero-order valence-corrected chi connectivity index (χ0v) is 12.0. The molecule has 1 amide bonds. The molecule has 0 bridgehead atoms. The zero-order valence-electron chi connectivity index (χ0n) is 12.0. The van der Waals surface area contributed by atoms with Gasteiger partial charge in [-0.1, -0.05) is 5.16 Å². The van der Waals surface area contributed by atoms with Gasteiger partial charge in [0.25, 0.3) is 5.91 Å². The quantitative estimate of drug-likeness (QED) is 0.923. The summed E-state index contributed by atoms with van der Waals surface area (Å²) >= 11 is 0. The fourth-order valence-corrected chi connectivity index (χ4v) is 2.72. The van der Waals surface area contributed by atoms with E-state index >= 15 is 0 Å². The third kappa shape index (κ3) is 2.80. The molecular formula is C15H18N4O2. The van der Waals surface area contributed by atoms with Crippen LogP contribution in [0.25, 0.3) is 11.3 Å². The van der Waals surface area contributed by atoms with E-state index < -0.39 is 0 Å². The molecule has 0 saturated carbocycles. The Morgan fingerprint density at radius 1 is 1.57 bits per heavy atom. The van der Waals surface area contributed by atoms with E-state index in [-0.39, 0.29) is 11.9 Å². The highest BCUT2D eigenvalue weighted by Crippen LogP contribution is 2.23. The lowest BCUT2D eigenvalue weighted by molar-refractivity contribution is 0.0726. The lowest BCUT2D eigenvalue weighted by Gasteiger charge is -2.23. The lowest BCUT2D eigenvalue weighted by atomic mass is 10.2. The number of likely N-dealkylation sites (N-methyl/N-ethyl adjacent to an activating group) is 1. The van der Waals surface area contributed by atoms with Crippen molar-refractivity contribution in [2.24, 2.45) is 0 Å². The number of nitrogens with one attached hydrogen (secondary N) is 1. The number of rotatable bonds is 4. The normalized spacial score (nSPS) is 18.1. The summed E-state index contributed by atoms with van der Waals surface area (Å²) in [5.74, 6) is 0.502. The van der Waals surface area contributed by atoms with Crippen LogP contribution >= 0.6 is 0 Å². The standard InChI is InChI=1S/C15H18N4O2/c1-16-10-12-5-3-7-19(12)15(20)13-8-14(21-18-13)11-4-2-6-17-9-11/h2,4,6,8-9,12,16H,3,5,7,10H2,1H3. The molecule has 6 nitrogen and oxygen atoms in total. The molecular weight excluding hydrogens is 268 g/mol. The first-order valence-electron chi connectivity index (χ1n) is 7.12. The number of carbonyl (C=O) groups excluding carboxylic acids is 1. The Hall–Kier alpha value is -2.21. The summed E-state index contributed by atoms with van der Waals surface area (Å²) in [5.41, 5.74) is 1.18. The van der Waals surface area contributed by atoms with E-state index in [1.54, 1.807) is 18.5 Å². The fraction of sp³-hybridized carbons (Fsp3) is 0.400. The molecule has 1 saturated heterocycles. The Balaban J connectivity index is 1.78. The number of pyridine rings is 1. The number of likely N-dealkylation sites (tertiary alicyclic amines) is 1. The summed E-state index contributed by atoms with van der Waals surface area (Å²) in [6.07, 6.45) is 5.44.